The first kappa shape index (κ1) is 28.4. The maximum atomic E-state index is 10.8. The Labute approximate surface area is 220 Å². The number of carbonyl (C=O) groups is 1. The Bertz CT molecular complexity index is 1150. The van der Waals surface area contributed by atoms with Crippen molar-refractivity contribution in [3.05, 3.63) is 77.6 Å². The van der Waals surface area contributed by atoms with Gasteiger partial charge in [0.2, 0.25) is 0 Å². The summed E-state index contributed by atoms with van der Waals surface area (Å²) in [4.78, 5) is 16.1. The van der Waals surface area contributed by atoms with Gasteiger partial charge < -0.3 is 25.6 Å². The van der Waals surface area contributed by atoms with Crippen molar-refractivity contribution in [2.24, 2.45) is 17.5 Å². The number of aldehydes is 1. The molecule has 2 heterocycles. The number of allylic oxidation sites excluding steroid dienone is 1. The number of para-hydroxylation sites is 1. The van der Waals surface area contributed by atoms with Crippen LogP contribution in [0.3, 0.4) is 0 Å². The molecule has 200 valence electrons. The molecule has 1 aliphatic heterocycles. The zero-order chi connectivity index (χ0) is 26.8. The van der Waals surface area contributed by atoms with Crippen molar-refractivity contribution < 1.29 is 14.7 Å². The molecule has 0 amide bonds. The largest absolute Gasteiger partial charge is 0.405 e. The SMILES string of the molecule is CC1C/C1=C\N.CN(C)c1ccccc1.NO.O=Cc1cc2cc(C3CCOC4(CCC4)C3)ccc2[nH]1. The van der Waals surface area contributed by atoms with E-state index in [2.05, 4.69) is 53.0 Å². The second-order valence-corrected chi connectivity index (χ2v) is 10.3. The summed E-state index contributed by atoms with van der Waals surface area (Å²) in [6.07, 6.45) is 9.85. The highest BCUT2D eigenvalue weighted by Crippen LogP contribution is 2.47. The summed E-state index contributed by atoms with van der Waals surface area (Å²) in [5.41, 5.74) is 11.1. The number of benzene rings is 2. The highest BCUT2D eigenvalue weighted by molar-refractivity contribution is 5.88. The smallest absolute Gasteiger partial charge is 0.166 e. The summed E-state index contributed by atoms with van der Waals surface area (Å²) in [7, 11) is 4.07. The van der Waals surface area contributed by atoms with Crippen LogP contribution in [0.15, 0.2) is 66.4 Å². The molecule has 2 aromatic carbocycles. The maximum Gasteiger partial charge on any atom is 0.166 e. The van der Waals surface area contributed by atoms with Gasteiger partial charge in [-0.05, 0) is 92.5 Å². The standard InChI is InChI=1S/C17H19NO2.C8H11N.C5H9N.H3NO/c19-11-15-9-14-8-12(2-3-16(14)18-15)13-4-7-20-17(10-13)5-1-6-17;1-9(2)8-6-4-3-5-7-8;1-4-2-5(4)3-6;1-2/h2-3,8-9,11,13,18H,1,4-7,10H2;3-7H,1-2H3;3-4H,2,6H2,1H3;2H,1H2/b;;5-3+;. The van der Waals surface area contributed by atoms with Crippen LogP contribution in [-0.2, 0) is 4.74 Å². The predicted octanol–water partition coefficient (Wildman–Crippen LogP) is 5.75. The summed E-state index contributed by atoms with van der Waals surface area (Å²) >= 11 is 0. The van der Waals surface area contributed by atoms with E-state index in [0.29, 0.717) is 11.6 Å². The number of hydrogen-bond acceptors (Lipinski definition) is 6. The lowest BCUT2D eigenvalue weighted by atomic mass is 9.70. The molecule has 1 spiro atoms. The van der Waals surface area contributed by atoms with Crippen molar-refractivity contribution in [1.29, 1.82) is 0 Å². The lowest BCUT2D eigenvalue weighted by Gasteiger charge is -2.47. The molecule has 7 heteroatoms. The first-order valence-electron chi connectivity index (χ1n) is 13.0. The average molecular weight is 507 g/mol. The van der Waals surface area contributed by atoms with E-state index in [9.17, 15) is 4.79 Å². The van der Waals surface area contributed by atoms with Crippen molar-refractivity contribution in [1.82, 2.24) is 4.98 Å². The lowest BCUT2D eigenvalue weighted by molar-refractivity contribution is -0.133. The van der Waals surface area contributed by atoms with Gasteiger partial charge in [-0.1, -0.05) is 36.8 Å². The van der Waals surface area contributed by atoms with E-state index in [-0.39, 0.29) is 5.60 Å². The number of nitrogens with two attached hydrogens (primary N) is 2. The maximum absolute atomic E-state index is 10.8. The van der Waals surface area contributed by atoms with Gasteiger partial charge >= 0.3 is 0 Å². The van der Waals surface area contributed by atoms with Crippen LogP contribution in [0.1, 0.15) is 67.4 Å². The van der Waals surface area contributed by atoms with Gasteiger partial charge in [0.05, 0.1) is 11.3 Å². The summed E-state index contributed by atoms with van der Waals surface area (Å²) in [6.45, 7) is 3.06. The molecular weight excluding hydrogens is 464 g/mol. The Morgan fingerprint density at radius 3 is 2.30 bits per heavy atom. The number of ether oxygens (including phenoxy) is 1. The molecular formula is C30H42N4O3. The fraction of sp³-hybridized carbons (Fsp3) is 0.433. The summed E-state index contributed by atoms with van der Waals surface area (Å²) in [6, 6.07) is 18.7. The van der Waals surface area contributed by atoms with E-state index < -0.39 is 0 Å². The number of carbonyl (C=O) groups excluding carboxylic acids is 1. The zero-order valence-electron chi connectivity index (χ0n) is 22.3. The second-order valence-electron chi connectivity index (χ2n) is 10.3. The van der Waals surface area contributed by atoms with Crippen LogP contribution >= 0.6 is 0 Å². The number of aromatic nitrogens is 1. The minimum atomic E-state index is 0.185. The van der Waals surface area contributed by atoms with Crippen molar-refractivity contribution in [3.63, 3.8) is 0 Å². The zero-order valence-corrected chi connectivity index (χ0v) is 22.3. The van der Waals surface area contributed by atoms with Crippen LogP contribution in [0.2, 0.25) is 0 Å². The molecule has 1 saturated heterocycles. The number of nitrogens with one attached hydrogen (secondary N) is 1. The van der Waals surface area contributed by atoms with Crippen LogP contribution in [0.5, 0.6) is 0 Å². The van der Waals surface area contributed by atoms with Gasteiger partial charge in [-0.25, -0.2) is 5.90 Å². The van der Waals surface area contributed by atoms with E-state index in [1.807, 2.05) is 38.4 Å². The topological polar surface area (TPSA) is 118 Å². The van der Waals surface area contributed by atoms with Gasteiger partial charge in [-0.2, -0.15) is 0 Å². The lowest BCUT2D eigenvalue weighted by Crippen LogP contribution is -2.44. The van der Waals surface area contributed by atoms with E-state index in [1.165, 1.54) is 42.5 Å². The normalized spacial score (nSPS) is 21.8. The first-order chi connectivity index (χ1) is 17.9. The van der Waals surface area contributed by atoms with E-state index in [0.717, 1.165) is 42.6 Å². The van der Waals surface area contributed by atoms with E-state index in [4.69, 9.17) is 15.7 Å². The number of H-pyrrole nitrogens is 1. The fourth-order valence-corrected chi connectivity index (χ4v) is 4.98. The third-order valence-corrected chi connectivity index (χ3v) is 7.52. The predicted molar refractivity (Wildman–Crippen MR) is 151 cm³/mol. The monoisotopic (exact) mass is 506 g/mol. The van der Waals surface area contributed by atoms with Gasteiger partial charge in [0, 0.05) is 37.3 Å². The molecule has 2 atom stereocenters. The van der Waals surface area contributed by atoms with Gasteiger partial charge in [-0.15, -0.1) is 0 Å². The van der Waals surface area contributed by atoms with Crippen LogP contribution in [0.4, 0.5) is 5.69 Å². The minimum absolute atomic E-state index is 0.185. The Morgan fingerprint density at radius 2 is 1.81 bits per heavy atom. The van der Waals surface area contributed by atoms with Crippen molar-refractivity contribution in [2.45, 2.75) is 57.0 Å². The quantitative estimate of drug-likeness (QED) is 0.265. The molecule has 2 aliphatic carbocycles. The van der Waals surface area contributed by atoms with Gasteiger partial charge in [-0.3, -0.25) is 4.79 Å². The van der Waals surface area contributed by atoms with E-state index >= 15 is 0 Å². The minimum Gasteiger partial charge on any atom is -0.405 e. The van der Waals surface area contributed by atoms with Gasteiger partial charge in [0.15, 0.2) is 6.29 Å². The number of aromatic amines is 1. The molecule has 7 nitrogen and oxygen atoms in total. The third kappa shape index (κ3) is 7.68. The molecule has 1 aromatic heterocycles. The van der Waals surface area contributed by atoms with Crippen molar-refractivity contribution in [2.75, 3.05) is 25.6 Å². The van der Waals surface area contributed by atoms with Crippen molar-refractivity contribution in [3.8, 4) is 0 Å². The van der Waals surface area contributed by atoms with Crippen LogP contribution in [0.25, 0.3) is 10.9 Å². The Balaban J connectivity index is 0.000000185. The first-order valence-corrected chi connectivity index (χ1v) is 13.0. The highest BCUT2D eigenvalue weighted by atomic mass is 16.5. The molecule has 0 radical (unpaired) electrons. The number of rotatable bonds is 3. The fourth-order valence-electron chi connectivity index (χ4n) is 4.98. The Kier molecular flexibility index (Phi) is 10.3. The van der Waals surface area contributed by atoms with Crippen LogP contribution in [-0.4, -0.2) is 42.8 Å². The van der Waals surface area contributed by atoms with E-state index in [1.54, 1.807) is 6.20 Å². The molecule has 2 saturated carbocycles. The summed E-state index contributed by atoms with van der Waals surface area (Å²) in [5, 5.41) is 7.64. The molecule has 3 aliphatic rings. The number of nitrogens with zero attached hydrogens (tertiary/aromatic N) is 1. The number of hydrogen-bond donors (Lipinski definition) is 4. The molecule has 3 aromatic rings. The third-order valence-electron chi connectivity index (χ3n) is 7.52. The second kappa shape index (κ2) is 13.4. The Hall–Kier alpha value is -3.13. The summed E-state index contributed by atoms with van der Waals surface area (Å²) in [5.74, 6) is 4.90. The summed E-state index contributed by atoms with van der Waals surface area (Å²) < 4.78 is 6.01. The molecule has 3 fully saturated rings. The number of fused-ring (bicyclic) bond motifs is 1. The van der Waals surface area contributed by atoms with Crippen molar-refractivity contribution >= 4 is 22.9 Å². The van der Waals surface area contributed by atoms with Gasteiger partial charge in [0.25, 0.3) is 0 Å². The molecule has 6 N–H and O–H groups in total. The molecule has 6 rings (SSSR count). The Morgan fingerprint density at radius 1 is 1.11 bits per heavy atom. The van der Waals surface area contributed by atoms with Crippen LogP contribution < -0.4 is 16.5 Å². The average Bonchev–Trinajstić information content (AvgIpc) is 3.49. The molecule has 37 heavy (non-hydrogen) atoms. The van der Waals surface area contributed by atoms with Gasteiger partial charge in [0.1, 0.15) is 0 Å². The highest BCUT2D eigenvalue weighted by Gasteiger charge is 2.42. The van der Waals surface area contributed by atoms with Crippen LogP contribution in [0, 0.1) is 5.92 Å². The molecule has 2 unspecified atom stereocenters. The number of anilines is 1. The molecule has 0 bridgehead atoms.